The minimum Gasteiger partial charge on any atom is -0.356 e. The second-order valence-corrected chi connectivity index (χ2v) is 5.53. The van der Waals surface area contributed by atoms with Crippen LogP contribution in [0.3, 0.4) is 0 Å². The van der Waals surface area contributed by atoms with Crippen molar-refractivity contribution in [1.29, 1.82) is 0 Å². The third-order valence-electron chi connectivity index (χ3n) is 4.12. The van der Waals surface area contributed by atoms with Crippen molar-refractivity contribution in [3.05, 3.63) is 0 Å². The zero-order valence-electron chi connectivity index (χ0n) is 11.3. The molecule has 1 saturated carbocycles. The van der Waals surface area contributed by atoms with Crippen molar-refractivity contribution in [2.45, 2.75) is 51.4 Å². The first kappa shape index (κ1) is 15.8. The Morgan fingerprint density at radius 2 is 1.72 bits per heavy atom. The van der Waals surface area contributed by atoms with E-state index in [0.717, 1.165) is 25.8 Å². The smallest absolute Gasteiger partial charge is 0.223 e. The number of halogens is 1. The van der Waals surface area contributed by atoms with Gasteiger partial charge in [-0.05, 0) is 58.2 Å². The van der Waals surface area contributed by atoms with E-state index >= 15 is 0 Å². The molecule has 1 saturated heterocycles. The van der Waals surface area contributed by atoms with E-state index < -0.39 is 0 Å². The number of hydrogen-bond donors (Lipinski definition) is 1. The molecular formula is C14H27ClN2O. The summed E-state index contributed by atoms with van der Waals surface area (Å²) in [6.07, 6.45) is 9.82. The number of rotatable bonds is 6. The molecule has 3 nitrogen and oxygen atoms in total. The molecule has 1 N–H and O–H groups in total. The highest BCUT2D eigenvalue weighted by atomic mass is 35.5. The summed E-state index contributed by atoms with van der Waals surface area (Å²) in [7, 11) is 0. The average Bonchev–Trinajstić information content (AvgIpc) is 3.01. The standard InChI is InChI=1S/C14H26N2O.ClH/c17-14(13-7-1-2-8-13)15-9-3-4-10-16-11-5-6-12-16;/h13H,1-12H2,(H,15,17);1H. The summed E-state index contributed by atoms with van der Waals surface area (Å²) < 4.78 is 0. The van der Waals surface area contributed by atoms with Crippen LogP contribution in [0.1, 0.15) is 51.4 Å². The quantitative estimate of drug-likeness (QED) is 0.755. The van der Waals surface area contributed by atoms with Gasteiger partial charge in [0.1, 0.15) is 0 Å². The van der Waals surface area contributed by atoms with Gasteiger partial charge in [-0.1, -0.05) is 12.8 Å². The van der Waals surface area contributed by atoms with E-state index in [-0.39, 0.29) is 12.4 Å². The topological polar surface area (TPSA) is 32.3 Å². The Morgan fingerprint density at radius 3 is 2.39 bits per heavy atom. The van der Waals surface area contributed by atoms with Gasteiger partial charge in [0.25, 0.3) is 0 Å². The SMILES string of the molecule is Cl.O=C(NCCCCN1CCCC1)C1CCCC1. The monoisotopic (exact) mass is 274 g/mol. The lowest BCUT2D eigenvalue weighted by molar-refractivity contribution is -0.124. The van der Waals surface area contributed by atoms with E-state index in [1.807, 2.05) is 0 Å². The zero-order valence-corrected chi connectivity index (χ0v) is 12.1. The van der Waals surface area contributed by atoms with E-state index in [4.69, 9.17) is 0 Å². The van der Waals surface area contributed by atoms with Gasteiger partial charge >= 0.3 is 0 Å². The van der Waals surface area contributed by atoms with Crippen LogP contribution in [-0.2, 0) is 4.79 Å². The Hall–Kier alpha value is -0.280. The highest BCUT2D eigenvalue weighted by molar-refractivity contribution is 5.85. The van der Waals surface area contributed by atoms with Crippen molar-refractivity contribution < 1.29 is 4.79 Å². The summed E-state index contributed by atoms with van der Waals surface area (Å²) in [6.45, 7) is 4.67. The summed E-state index contributed by atoms with van der Waals surface area (Å²) in [6, 6.07) is 0. The molecule has 1 heterocycles. The van der Waals surface area contributed by atoms with E-state index in [0.29, 0.717) is 11.8 Å². The Bertz CT molecular complexity index is 236. The molecular weight excluding hydrogens is 248 g/mol. The lowest BCUT2D eigenvalue weighted by Gasteiger charge is -2.14. The molecule has 0 radical (unpaired) electrons. The number of nitrogens with one attached hydrogen (secondary N) is 1. The van der Waals surface area contributed by atoms with Crippen LogP contribution in [0.15, 0.2) is 0 Å². The Balaban J connectivity index is 0.00000162. The second-order valence-electron chi connectivity index (χ2n) is 5.53. The molecule has 0 aromatic carbocycles. The summed E-state index contributed by atoms with van der Waals surface area (Å²) in [5.41, 5.74) is 0. The first-order valence-corrected chi connectivity index (χ1v) is 7.36. The Kier molecular flexibility index (Phi) is 7.68. The van der Waals surface area contributed by atoms with Crippen LogP contribution in [0.4, 0.5) is 0 Å². The molecule has 2 aliphatic rings. The molecule has 0 unspecified atom stereocenters. The molecule has 106 valence electrons. The average molecular weight is 275 g/mol. The third kappa shape index (κ3) is 5.15. The van der Waals surface area contributed by atoms with Gasteiger partial charge in [-0.25, -0.2) is 0 Å². The maximum absolute atomic E-state index is 11.7. The molecule has 0 spiro atoms. The molecule has 2 rings (SSSR count). The van der Waals surface area contributed by atoms with E-state index in [9.17, 15) is 4.79 Å². The predicted octanol–water partition coefficient (Wildman–Crippen LogP) is 2.59. The number of nitrogens with zero attached hydrogens (tertiary/aromatic N) is 1. The molecule has 18 heavy (non-hydrogen) atoms. The van der Waals surface area contributed by atoms with Gasteiger partial charge in [0, 0.05) is 12.5 Å². The fraction of sp³-hybridized carbons (Fsp3) is 0.929. The van der Waals surface area contributed by atoms with E-state index in [1.165, 1.54) is 51.7 Å². The molecule has 1 aliphatic heterocycles. The van der Waals surface area contributed by atoms with Gasteiger partial charge in [-0.2, -0.15) is 0 Å². The summed E-state index contributed by atoms with van der Waals surface area (Å²) in [5, 5.41) is 3.09. The number of carbonyl (C=O) groups is 1. The van der Waals surface area contributed by atoms with Crippen molar-refractivity contribution in [2.75, 3.05) is 26.2 Å². The molecule has 0 bridgehead atoms. The molecule has 0 atom stereocenters. The van der Waals surface area contributed by atoms with Crippen molar-refractivity contribution in [3.8, 4) is 0 Å². The highest BCUT2D eigenvalue weighted by Crippen LogP contribution is 2.24. The van der Waals surface area contributed by atoms with Crippen LogP contribution in [0.25, 0.3) is 0 Å². The minimum absolute atomic E-state index is 0. The molecule has 1 amide bonds. The number of hydrogen-bond acceptors (Lipinski definition) is 2. The molecule has 0 aromatic heterocycles. The van der Waals surface area contributed by atoms with E-state index in [2.05, 4.69) is 10.2 Å². The highest BCUT2D eigenvalue weighted by Gasteiger charge is 2.21. The summed E-state index contributed by atoms with van der Waals surface area (Å²) in [5.74, 6) is 0.636. The van der Waals surface area contributed by atoms with Gasteiger partial charge in [0.05, 0.1) is 0 Å². The first-order valence-electron chi connectivity index (χ1n) is 7.36. The van der Waals surface area contributed by atoms with Crippen LogP contribution < -0.4 is 5.32 Å². The van der Waals surface area contributed by atoms with Gasteiger partial charge in [0.2, 0.25) is 5.91 Å². The van der Waals surface area contributed by atoms with Gasteiger partial charge < -0.3 is 10.2 Å². The minimum atomic E-state index is 0. The fourth-order valence-electron chi connectivity index (χ4n) is 3.01. The van der Waals surface area contributed by atoms with Gasteiger partial charge in [-0.15, -0.1) is 12.4 Å². The van der Waals surface area contributed by atoms with Gasteiger partial charge in [0.15, 0.2) is 0 Å². The second kappa shape index (κ2) is 8.76. The van der Waals surface area contributed by atoms with Crippen molar-refractivity contribution in [2.24, 2.45) is 5.92 Å². The predicted molar refractivity (Wildman–Crippen MR) is 77.1 cm³/mol. The third-order valence-corrected chi connectivity index (χ3v) is 4.12. The van der Waals surface area contributed by atoms with Crippen LogP contribution in [0.5, 0.6) is 0 Å². The van der Waals surface area contributed by atoms with Crippen molar-refractivity contribution >= 4 is 18.3 Å². The summed E-state index contributed by atoms with van der Waals surface area (Å²) >= 11 is 0. The maximum Gasteiger partial charge on any atom is 0.223 e. The number of unbranched alkanes of at least 4 members (excludes halogenated alkanes) is 1. The number of likely N-dealkylation sites (tertiary alicyclic amines) is 1. The molecule has 0 aromatic rings. The Morgan fingerprint density at radius 1 is 1.06 bits per heavy atom. The first-order chi connectivity index (χ1) is 8.36. The molecule has 1 aliphatic carbocycles. The van der Waals surface area contributed by atoms with Gasteiger partial charge in [-0.3, -0.25) is 4.79 Å². The number of carbonyl (C=O) groups excluding carboxylic acids is 1. The van der Waals surface area contributed by atoms with E-state index in [1.54, 1.807) is 0 Å². The van der Waals surface area contributed by atoms with Crippen LogP contribution in [-0.4, -0.2) is 37.0 Å². The lowest BCUT2D eigenvalue weighted by Crippen LogP contribution is -2.30. The maximum atomic E-state index is 11.7. The van der Waals surface area contributed by atoms with Crippen molar-refractivity contribution in [3.63, 3.8) is 0 Å². The van der Waals surface area contributed by atoms with Crippen LogP contribution in [0, 0.1) is 5.92 Å². The molecule has 2 fully saturated rings. The van der Waals surface area contributed by atoms with Crippen molar-refractivity contribution in [1.82, 2.24) is 10.2 Å². The zero-order chi connectivity index (χ0) is 11.9. The van der Waals surface area contributed by atoms with Crippen LogP contribution in [0.2, 0.25) is 0 Å². The fourth-order valence-corrected chi connectivity index (χ4v) is 3.01. The number of amides is 1. The molecule has 4 heteroatoms. The summed E-state index contributed by atoms with van der Waals surface area (Å²) in [4.78, 5) is 14.3. The normalized spacial score (nSPS) is 20.9. The lowest BCUT2D eigenvalue weighted by atomic mass is 10.1. The largest absolute Gasteiger partial charge is 0.356 e. The Labute approximate surface area is 117 Å². The van der Waals surface area contributed by atoms with Crippen LogP contribution >= 0.6 is 12.4 Å².